The Morgan fingerprint density at radius 2 is 0.882 bits per heavy atom. The lowest BCUT2D eigenvalue weighted by molar-refractivity contribution is 0.590. The smallest absolute Gasteiger partial charge is 0.144 e. The van der Waals surface area contributed by atoms with Crippen LogP contribution in [0, 0.1) is 13.8 Å². The second-order valence-corrected chi connectivity index (χ2v) is 12.0. The molecule has 0 spiro atoms. The highest BCUT2D eigenvalue weighted by molar-refractivity contribution is 6.34. The van der Waals surface area contributed by atoms with Crippen LogP contribution >= 0.6 is 0 Å². The lowest BCUT2D eigenvalue weighted by atomic mass is 9.85. The van der Waals surface area contributed by atoms with E-state index in [0.717, 1.165) is 54.6 Å². The third-order valence-electron chi connectivity index (χ3n) is 7.48. The zero-order chi connectivity index (χ0) is 24.2. The normalized spacial score (nSPS) is 13.3. The molecule has 34 heavy (non-hydrogen) atoms. The monoisotopic (exact) mass is 448 g/mol. The third kappa shape index (κ3) is 2.94. The minimum absolute atomic E-state index is 0.0549. The van der Waals surface area contributed by atoms with Gasteiger partial charge in [-0.05, 0) is 83.3 Å². The molecule has 4 aromatic carbocycles. The van der Waals surface area contributed by atoms with Crippen molar-refractivity contribution in [1.29, 1.82) is 0 Å². The first-order valence-electron chi connectivity index (χ1n) is 12.2. The number of fused-ring (bicyclic) bond motifs is 10. The zero-order valence-corrected chi connectivity index (χ0v) is 21.4. The minimum Gasteiger partial charge on any atom is -0.455 e. The van der Waals surface area contributed by atoms with Crippen molar-refractivity contribution in [2.75, 3.05) is 0 Å². The van der Waals surface area contributed by atoms with E-state index in [1.807, 2.05) is 0 Å². The Morgan fingerprint density at radius 1 is 0.500 bits per heavy atom. The largest absolute Gasteiger partial charge is 0.455 e. The Hall–Kier alpha value is -3.26. The zero-order valence-electron chi connectivity index (χ0n) is 21.4. The van der Waals surface area contributed by atoms with Gasteiger partial charge in [-0.1, -0.05) is 53.7 Å². The highest BCUT2D eigenvalue weighted by Gasteiger charge is 2.24. The van der Waals surface area contributed by atoms with E-state index >= 15 is 0 Å². The molecule has 0 saturated heterocycles. The third-order valence-corrected chi connectivity index (χ3v) is 7.48. The van der Waals surface area contributed by atoms with E-state index in [-0.39, 0.29) is 10.8 Å². The fraction of sp³-hybridized carbons (Fsp3) is 0.312. The number of hydrogen-bond acceptors (Lipinski definition) is 2. The van der Waals surface area contributed by atoms with Crippen LogP contribution in [0.15, 0.2) is 57.4 Å². The molecule has 0 aliphatic heterocycles. The summed E-state index contributed by atoms with van der Waals surface area (Å²) in [6.45, 7) is 17.9. The van der Waals surface area contributed by atoms with E-state index in [0.29, 0.717) is 0 Å². The number of rotatable bonds is 0. The molecule has 2 aromatic heterocycles. The van der Waals surface area contributed by atoms with Crippen molar-refractivity contribution < 1.29 is 8.83 Å². The second-order valence-electron chi connectivity index (χ2n) is 12.0. The van der Waals surface area contributed by atoms with Crippen LogP contribution in [0.3, 0.4) is 0 Å². The Balaban J connectivity index is 1.92. The van der Waals surface area contributed by atoms with Crippen LogP contribution in [0.5, 0.6) is 0 Å². The molecule has 0 bridgehead atoms. The van der Waals surface area contributed by atoms with Crippen LogP contribution in [0.1, 0.15) is 63.8 Å². The quantitative estimate of drug-likeness (QED) is 0.231. The Morgan fingerprint density at radius 3 is 1.24 bits per heavy atom. The topological polar surface area (TPSA) is 26.3 Å². The maximum atomic E-state index is 6.61. The van der Waals surface area contributed by atoms with Gasteiger partial charge in [-0.15, -0.1) is 0 Å². The molecule has 6 aromatic rings. The van der Waals surface area contributed by atoms with Gasteiger partial charge in [-0.2, -0.15) is 0 Å². The molecule has 0 amide bonds. The average Bonchev–Trinajstić information content (AvgIpc) is 3.31. The van der Waals surface area contributed by atoms with Crippen molar-refractivity contribution in [3.63, 3.8) is 0 Å². The van der Waals surface area contributed by atoms with Crippen LogP contribution in [-0.2, 0) is 10.8 Å². The molecular formula is C32H32O2. The lowest BCUT2D eigenvalue weighted by Gasteiger charge is -2.19. The van der Waals surface area contributed by atoms with Gasteiger partial charge >= 0.3 is 0 Å². The van der Waals surface area contributed by atoms with Gasteiger partial charge in [0.05, 0.1) is 0 Å². The Kier molecular flexibility index (Phi) is 4.17. The van der Waals surface area contributed by atoms with Gasteiger partial charge in [-0.25, -0.2) is 0 Å². The molecule has 0 saturated carbocycles. The van der Waals surface area contributed by atoms with Crippen molar-refractivity contribution in [2.24, 2.45) is 0 Å². The molecule has 0 aliphatic rings. The van der Waals surface area contributed by atoms with Crippen LogP contribution in [0.2, 0.25) is 0 Å². The predicted octanol–water partition coefficient (Wildman–Crippen LogP) is 9.85. The van der Waals surface area contributed by atoms with Crippen molar-refractivity contribution in [1.82, 2.24) is 0 Å². The molecule has 2 nitrogen and oxygen atoms in total. The first kappa shape index (κ1) is 21.3. The standard InChI is InChI=1S/C32H32O2/c1-17-13-21-22(14-18(17)2)30-28(24-16-20(32(6,7)8)10-12-26(24)34-30)27-23-15-19(31(3,4)5)9-11-25(23)33-29(21)27/h9-16H,1-8H3. The van der Waals surface area contributed by atoms with Crippen molar-refractivity contribution in [2.45, 2.75) is 66.2 Å². The average molecular weight is 449 g/mol. The molecule has 0 unspecified atom stereocenters. The van der Waals surface area contributed by atoms with Gasteiger partial charge < -0.3 is 8.83 Å². The first-order chi connectivity index (χ1) is 15.9. The molecule has 0 atom stereocenters. The van der Waals surface area contributed by atoms with E-state index in [1.54, 1.807) is 0 Å². The van der Waals surface area contributed by atoms with Crippen LogP contribution in [-0.4, -0.2) is 0 Å². The van der Waals surface area contributed by atoms with Gasteiger partial charge in [0.1, 0.15) is 22.3 Å². The summed E-state index contributed by atoms with van der Waals surface area (Å²) in [6.07, 6.45) is 0. The van der Waals surface area contributed by atoms with E-state index in [4.69, 9.17) is 8.83 Å². The second kappa shape index (κ2) is 6.66. The fourth-order valence-corrected chi connectivity index (χ4v) is 5.20. The summed E-state index contributed by atoms with van der Waals surface area (Å²) in [5.74, 6) is 0. The summed E-state index contributed by atoms with van der Waals surface area (Å²) in [6, 6.07) is 17.8. The van der Waals surface area contributed by atoms with Gasteiger partial charge in [0.2, 0.25) is 0 Å². The van der Waals surface area contributed by atoms with Crippen LogP contribution in [0.4, 0.5) is 0 Å². The van der Waals surface area contributed by atoms with E-state index in [9.17, 15) is 0 Å². The molecule has 0 N–H and O–H groups in total. The van der Waals surface area contributed by atoms with E-state index in [1.165, 1.54) is 22.3 Å². The highest BCUT2D eigenvalue weighted by atomic mass is 16.3. The Bertz CT molecular complexity index is 1640. The highest BCUT2D eigenvalue weighted by Crippen LogP contribution is 2.46. The Labute approximate surface area is 200 Å². The summed E-state index contributed by atoms with van der Waals surface area (Å²) in [5, 5.41) is 6.89. The molecule has 0 aliphatic carbocycles. The molecule has 0 fully saturated rings. The molecule has 0 radical (unpaired) electrons. The maximum absolute atomic E-state index is 6.61. The number of furan rings is 2. The molecule has 172 valence electrons. The van der Waals surface area contributed by atoms with Gasteiger partial charge in [0, 0.05) is 32.3 Å². The maximum Gasteiger partial charge on any atom is 0.144 e. The van der Waals surface area contributed by atoms with Gasteiger partial charge in [0.25, 0.3) is 0 Å². The summed E-state index contributed by atoms with van der Waals surface area (Å²) < 4.78 is 13.2. The van der Waals surface area contributed by atoms with E-state index < -0.39 is 0 Å². The minimum atomic E-state index is 0.0549. The lowest BCUT2D eigenvalue weighted by Crippen LogP contribution is -2.10. The van der Waals surface area contributed by atoms with Crippen LogP contribution < -0.4 is 0 Å². The van der Waals surface area contributed by atoms with Gasteiger partial charge in [-0.3, -0.25) is 0 Å². The number of aryl methyl sites for hydroxylation is 2. The molecule has 2 heteroatoms. The fourth-order valence-electron chi connectivity index (χ4n) is 5.20. The SMILES string of the molecule is Cc1cc2c(cc1C)c1oc3ccc(C(C)(C)C)cc3c1c1c3cc(C(C)(C)C)ccc3oc21. The summed E-state index contributed by atoms with van der Waals surface area (Å²) in [4.78, 5) is 0. The number of benzene rings is 4. The summed E-state index contributed by atoms with van der Waals surface area (Å²) >= 11 is 0. The molecule has 2 heterocycles. The first-order valence-corrected chi connectivity index (χ1v) is 12.2. The van der Waals surface area contributed by atoms with Crippen molar-refractivity contribution >= 4 is 54.6 Å². The number of hydrogen-bond donors (Lipinski definition) is 0. The van der Waals surface area contributed by atoms with Crippen molar-refractivity contribution in [3.05, 3.63) is 70.8 Å². The van der Waals surface area contributed by atoms with E-state index in [2.05, 4.69) is 104 Å². The molecular weight excluding hydrogens is 416 g/mol. The summed E-state index contributed by atoms with van der Waals surface area (Å²) in [7, 11) is 0. The molecule has 6 rings (SSSR count). The predicted molar refractivity (Wildman–Crippen MR) is 145 cm³/mol. The van der Waals surface area contributed by atoms with Gasteiger partial charge in [0.15, 0.2) is 0 Å². The summed E-state index contributed by atoms with van der Waals surface area (Å²) in [5.41, 5.74) is 9.00. The van der Waals surface area contributed by atoms with Crippen molar-refractivity contribution in [3.8, 4) is 0 Å². The van der Waals surface area contributed by atoms with Crippen LogP contribution in [0.25, 0.3) is 54.6 Å².